The topological polar surface area (TPSA) is 59.0 Å². The number of fused-ring (bicyclic) bond motifs is 2. The molecule has 162 valence electrons. The van der Waals surface area contributed by atoms with Crippen molar-refractivity contribution >= 4 is 30.0 Å². The van der Waals surface area contributed by atoms with E-state index in [9.17, 15) is 4.79 Å². The number of carbonyl (C=O) groups is 1. The lowest BCUT2D eigenvalue weighted by molar-refractivity contribution is -0.137. The fourth-order valence-corrected chi connectivity index (χ4v) is 4.46. The molecule has 2 aromatic rings. The highest BCUT2D eigenvalue weighted by Crippen LogP contribution is 2.46. The molecule has 0 bridgehead atoms. The number of benzene rings is 2. The summed E-state index contributed by atoms with van der Waals surface area (Å²) in [5, 5.41) is 9.59. The largest absolute Gasteiger partial charge is 0.492 e. The number of rotatable bonds is 6. The summed E-state index contributed by atoms with van der Waals surface area (Å²) < 4.78 is 12.0. The number of hydrogen-bond acceptors (Lipinski definition) is 4. The second-order valence-corrected chi connectivity index (χ2v) is 8.50. The van der Waals surface area contributed by atoms with Crippen LogP contribution in [-0.2, 0) is 16.8 Å². The molecule has 2 aliphatic rings. The Morgan fingerprint density at radius 3 is 2.73 bits per heavy atom. The van der Waals surface area contributed by atoms with Crippen molar-refractivity contribution in [2.24, 2.45) is 0 Å². The van der Waals surface area contributed by atoms with Gasteiger partial charge in [-0.05, 0) is 45.0 Å². The van der Waals surface area contributed by atoms with Crippen LogP contribution in [0.25, 0.3) is 0 Å². The van der Waals surface area contributed by atoms with Gasteiger partial charge in [-0.25, -0.2) is 0 Å². The number of ether oxygens (including phenoxy) is 2. The van der Waals surface area contributed by atoms with Crippen molar-refractivity contribution in [1.29, 1.82) is 0 Å². The predicted octanol–water partition coefficient (Wildman–Crippen LogP) is 4.85. The van der Waals surface area contributed by atoms with Crippen LogP contribution in [0.3, 0.4) is 0 Å². The van der Waals surface area contributed by atoms with E-state index < -0.39 is 5.97 Å². The molecule has 0 amide bonds. The third-order valence-electron chi connectivity index (χ3n) is 6.08. The molecule has 1 N–H and O–H groups in total. The molecule has 0 aliphatic carbocycles. The first-order chi connectivity index (χ1) is 13.9. The summed E-state index contributed by atoms with van der Waals surface area (Å²) in [7, 11) is 0. The second kappa shape index (κ2) is 9.46. The van der Waals surface area contributed by atoms with Crippen LogP contribution in [0.1, 0.15) is 36.0 Å². The zero-order chi connectivity index (χ0) is 20.4. The second-order valence-electron chi connectivity index (χ2n) is 8.10. The number of hydrogen-bond donors (Lipinski definition) is 1. The first-order valence-corrected chi connectivity index (χ1v) is 10.4. The normalized spacial score (nSPS) is 17.1. The van der Waals surface area contributed by atoms with Crippen LogP contribution in [0.4, 0.5) is 0 Å². The van der Waals surface area contributed by atoms with Crippen molar-refractivity contribution in [2.75, 3.05) is 26.2 Å². The molecule has 1 spiro atoms. The lowest BCUT2D eigenvalue weighted by Crippen LogP contribution is -2.44. The van der Waals surface area contributed by atoms with E-state index in [4.69, 9.17) is 26.2 Å². The summed E-state index contributed by atoms with van der Waals surface area (Å²) in [6.07, 6.45) is 2.17. The van der Waals surface area contributed by atoms with E-state index in [1.807, 2.05) is 37.3 Å². The molecular weight excluding hydrogens is 425 g/mol. The first kappa shape index (κ1) is 22.7. The number of likely N-dealkylation sites (tertiary alicyclic amines) is 1. The number of aliphatic carboxylic acids is 1. The molecule has 2 heterocycles. The molecule has 1 saturated heterocycles. The summed E-state index contributed by atoms with van der Waals surface area (Å²) in [6.45, 7) is 5.56. The van der Waals surface area contributed by atoms with E-state index in [2.05, 4.69) is 11.0 Å². The summed E-state index contributed by atoms with van der Waals surface area (Å²) in [6, 6.07) is 12.0. The van der Waals surface area contributed by atoms with Crippen molar-refractivity contribution in [3.8, 4) is 11.5 Å². The Morgan fingerprint density at radius 2 is 2.00 bits per heavy atom. The molecule has 5 nitrogen and oxygen atoms in total. The predicted molar refractivity (Wildman–Crippen MR) is 119 cm³/mol. The van der Waals surface area contributed by atoms with Gasteiger partial charge in [0, 0.05) is 34.2 Å². The van der Waals surface area contributed by atoms with Gasteiger partial charge < -0.3 is 19.5 Å². The van der Waals surface area contributed by atoms with Crippen molar-refractivity contribution < 1.29 is 19.4 Å². The lowest BCUT2D eigenvalue weighted by atomic mass is 9.74. The van der Waals surface area contributed by atoms with Crippen LogP contribution in [0.5, 0.6) is 11.5 Å². The number of piperidine rings is 1. The standard InChI is InChI=1S/C23H26ClNO4.ClH/c1-16-2-5-20(24)17(12-16)14-28-18-3-4-19-21(13-18)29-15-23(19)7-10-25(11-8-23)9-6-22(26)27;/h2-5,12-13H,6-11,14-15H2,1H3,(H,26,27);1H. The van der Waals surface area contributed by atoms with Crippen molar-refractivity contribution in [3.63, 3.8) is 0 Å². The van der Waals surface area contributed by atoms with E-state index in [-0.39, 0.29) is 24.2 Å². The third kappa shape index (κ3) is 4.85. The van der Waals surface area contributed by atoms with Gasteiger partial charge in [-0.2, -0.15) is 0 Å². The van der Waals surface area contributed by atoms with Crippen LogP contribution in [0, 0.1) is 6.92 Å². The molecule has 7 heteroatoms. The third-order valence-corrected chi connectivity index (χ3v) is 6.45. The van der Waals surface area contributed by atoms with Gasteiger partial charge in [-0.3, -0.25) is 4.79 Å². The quantitative estimate of drug-likeness (QED) is 0.679. The van der Waals surface area contributed by atoms with E-state index >= 15 is 0 Å². The maximum Gasteiger partial charge on any atom is 0.304 e. The number of carboxylic acid groups (broad SMARTS) is 1. The van der Waals surface area contributed by atoms with E-state index in [0.717, 1.165) is 48.6 Å². The number of aryl methyl sites for hydroxylation is 1. The minimum atomic E-state index is -0.737. The number of carboxylic acids is 1. The summed E-state index contributed by atoms with van der Waals surface area (Å²) in [5.41, 5.74) is 3.41. The molecule has 0 saturated carbocycles. The lowest BCUT2D eigenvalue weighted by Gasteiger charge is -2.38. The molecule has 0 unspecified atom stereocenters. The number of halogens is 2. The van der Waals surface area contributed by atoms with Gasteiger partial charge in [0.15, 0.2) is 0 Å². The zero-order valence-corrected chi connectivity index (χ0v) is 18.6. The van der Waals surface area contributed by atoms with Gasteiger partial charge in [0.1, 0.15) is 18.1 Å². The SMILES string of the molecule is Cc1ccc(Cl)c(COc2ccc3c(c2)OCC32CCN(CCC(=O)O)CC2)c1.Cl. The van der Waals surface area contributed by atoms with Gasteiger partial charge in [-0.1, -0.05) is 35.4 Å². The number of nitrogens with zero attached hydrogens (tertiary/aromatic N) is 1. The molecule has 4 rings (SSSR count). The van der Waals surface area contributed by atoms with Crippen molar-refractivity contribution in [2.45, 2.75) is 38.2 Å². The highest BCUT2D eigenvalue weighted by Gasteiger charge is 2.43. The Kier molecular flexibility index (Phi) is 7.17. The van der Waals surface area contributed by atoms with Crippen LogP contribution >= 0.6 is 24.0 Å². The van der Waals surface area contributed by atoms with Crippen molar-refractivity contribution in [1.82, 2.24) is 4.90 Å². The maximum atomic E-state index is 10.8. The Hall–Kier alpha value is -1.95. The van der Waals surface area contributed by atoms with E-state index in [1.165, 1.54) is 5.56 Å². The highest BCUT2D eigenvalue weighted by molar-refractivity contribution is 6.31. The highest BCUT2D eigenvalue weighted by atomic mass is 35.5. The monoisotopic (exact) mass is 451 g/mol. The Balaban J connectivity index is 0.00000256. The Bertz CT molecular complexity index is 910. The zero-order valence-electron chi connectivity index (χ0n) is 17.0. The molecule has 2 aliphatic heterocycles. The minimum absolute atomic E-state index is 0. The van der Waals surface area contributed by atoms with Gasteiger partial charge in [-0.15, -0.1) is 12.4 Å². The molecule has 0 radical (unpaired) electrons. The fraction of sp³-hybridized carbons (Fsp3) is 0.435. The van der Waals surface area contributed by atoms with Crippen molar-refractivity contribution in [3.05, 3.63) is 58.1 Å². The first-order valence-electron chi connectivity index (χ1n) is 10.0. The van der Waals surface area contributed by atoms with Gasteiger partial charge >= 0.3 is 5.97 Å². The van der Waals surface area contributed by atoms with Crippen LogP contribution in [-0.4, -0.2) is 42.2 Å². The summed E-state index contributed by atoms with van der Waals surface area (Å²) in [5.74, 6) is 0.938. The Morgan fingerprint density at radius 1 is 1.23 bits per heavy atom. The van der Waals surface area contributed by atoms with Crippen LogP contribution < -0.4 is 9.47 Å². The fourth-order valence-electron chi connectivity index (χ4n) is 4.29. The van der Waals surface area contributed by atoms with Crippen LogP contribution in [0.2, 0.25) is 5.02 Å². The molecule has 30 heavy (non-hydrogen) atoms. The maximum absolute atomic E-state index is 10.8. The molecule has 0 atom stereocenters. The van der Waals surface area contributed by atoms with Gasteiger partial charge in [0.2, 0.25) is 0 Å². The summed E-state index contributed by atoms with van der Waals surface area (Å²) >= 11 is 6.26. The van der Waals surface area contributed by atoms with E-state index in [1.54, 1.807) is 0 Å². The van der Waals surface area contributed by atoms with Crippen LogP contribution in [0.15, 0.2) is 36.4 Å². The Labute approximate surface area is 188 Å². The van der Waals surface area contributed by atoms with E-state index in [0.29, 0.717) is 24.8 Å². The molecular formula is C23H27Cl2NO4. The average Bonchev–Trinajstić information content (AvgIpc) is 3.06. The summed E-state index contributed by atoms with van der Waals surface area (Å²) in [4.78, 5) is 13.0. The molecule has 2 aromatic carbocycles. The smallest absolute Gasteiger partial charge is 0.304 e. The average molecular weight is 452 g/mol. The molecule has 1 fully saturated rings. The van der Waals surface area contributed by atoms with Gasteiger partial charge in [0.05, 0.1) is 13.0 Å². The molecule has 0 aromatic heterocycles. The van der Waals surface area contributed by atoms with Gasteiger partial charge in [0.25, 0.3) is 0 Å². The minimum Gasteiger partial charge on any atom is -0.492 e.